The Morgan fingerprint density at radius 1 is 1.19 bits per heavy atom. The van der Waals surface area contributed by atoms with Crippen LogP contribution in [0, 0.1) is 0 Å². The van der Waals surface area contributed by atoms with E-state index in [0.717, 1.165) is 31.9 Å². The highest BCUT2D eigenvalue weighted by molar-refractivity contribution is 6.32. The normalized spacial score (nSPS) is 17.6. The van der Waals surface area contributed by atoms with Crippen LogP contribution in [-0.2, 0) is 0 Å². The van der Waals surface area contributed by atoms with E-state index in [1.807, 2.05) is 12.1 Å². The maximum absolute atomic E-state index is 6.12. The summed E-state index contributed by atoms with van der Waals surface area (Å²) in [4.78, 5) is 4.69. The summed E-state index contributed by atoms with van der Waals surface area (Å²) >= 11 is 6.12. The number of benzene rings is 1. The van der Waals surface area contributed by atoms with Crippen LogP contribution in [-0.4, -0.2) is 45.2 Å². The molecule has 0 aliphatic carbocycles. The number of methoxy groups -OCH3 is 1. The van der Waals surface area contributed by atoms with E-state index in [1.165, 1.54) is 5.69 Å². The Kier molecular flexibility index (Phi) is 3.56. The second-order valence-electron chi connectivity index (χ2n) is 4.11. The van der Waals surface area contributed by atoms with Gasteiger partial charge in [-0.3, -0.25) is 0 Å². The molecule has 88 valence electrons. The fourth-order valence-corrected chi connectivity index (χ4v) is 2.17. The second-order valence-corrected chi connectivity index (χ2v) is 4.52. The van der Waals surface area contributed by atoms with Gasteiger partial charge in [-0.05, 0) is 25.2 Å². The van der Waals surface area contributed by atoms with Gasteiger partial charge in [0.2, 0.25) is 0 Å². The van der Waals surface area contributed by atoms with Crippen LogP contribution in [0.25, 0.3) is 0 Å². The fraction of sp³-hybridized carbons (Fsp3) is 0.500. The SMILES string of the molecule is COc1ccc(N2CCN(C)CC2)cc1Cl. The van der Waals surface area contributed by atoms with E-state index in [2.05, 4.69) is 22.9 Å². The number of hydrogen-bond donors (Lipinski definition) is 0. The van der Waals surface area contributed by atoms with E-state index >= 15 is 0 Å². The number of hydrogen-bond acceptors (Lipinski definition) is 3. The summed E-state index contributed by atoms with van der Waals surface area (Å²) in [5.41, 5.74) is 1.18. The average Bonchev–Trinajstić information content (AvgIpc) is 2.30. The quantitative estimate of drug-likeness (QED) is 0.788. The van der Waals surface area contributed by atoms with E-state index in [-0.39, 0.29) is 0 Å². The largest absolute Gasteiger partial charge is 0.495 e. The van der Waals surface area contributed by atoms with Gasteiger partial charge in [-0.25, -0.2) is 0 Å². The van der Waals surface area contributed by atoms with Gasteiger partial charge in [0.05, 0.1) is 12.1 Å². The van der Waals surface area contributed by atoms with E-state index < -0.39 is 0 Å². The Morgan fingerprint density at radius 2 is 1.88 bits per heavy atom. The van der Waals surface area contributed by atoms with Crippen LogP contribution >= 0.6 is 11.6 Å². The van der Waals surface area contributed by atoms with Crippen LogP contribution in [0.15, 0.2) is 18.2 Å². The molecule has 4 heteroatoms. The molecule has 0 spiro atoms. The summed E-state index contributed by atoms with van der Waals surface area (Å²) in [6, 6.07) is 5.97. The van der Waals surface area contributed by atoms with Crippen molar-refractivity contribution in [1.29, 1.82) is 0 Å². The van der Waals surface area contributed by atoms with Crippen molar-refractivity contribution in [3.8, 4) is 5.75 Å². The first-order chi connectivity index (χ1) is 7.70. The maximum Gasteiger partial charge on any atom is 0.137 e. The molecule has 0 N–H and O–H groups in total. The molecule has 3 nitrogen and oxygen atoms in total. The Labute approximate surface area is 102 Å². The van der Waals surface area contributed by atoms with Crippen molar-refractivity contribution in [3.05, 3.63) is 23.2 Å². The first kappa shape index (κ1) is 11.6. The lowest BCUT2D eigenvalue weighted by Crippen LogP contribution is -2.44. The molecule has 0 unspecified atom stereocenters. The van der Waals surface area contributed by atoms with Gasteiger partial charge < -0.3 is 14.5 Å². The molecule has 1 fully saturated rings. The monoisotopic (exact) mass is 240 g/mol. The molecule has 0 radical (unpaired) electrons. The third-order valence-corrected chi connectivity index (χ3v) is 3.30. The van der Waals surface area contributed by atoms with Crippen LogP contribution in [0.3, 0.4) is 0 Å². The molecule has 1 aliphatic rings. The second kappa shape index (κ2) is 4.93. The number of nitrogens with zero attached hydrogens (tertiary/aromatic N) is 2. The predicted octanol–water partition coefficient (Wildman–Crippen LogP) is 2.10. The van der Waals surface area contributed by atoms with Gasteiger partial charge in [-0.2, -0.15) is 0 Å². The maximum atomic E-state index is 6.12. The lowest BCUT2D eigenvalue weighted by molar-refractivity contribution is 0.313. The number of piperazine rings is 1. The van der Waals surface area contributed by atoms with Gasteiger partial charge in [0.15, 0.2) is 0 Å². The minimum atomic E-state index is 0.680. The number of rotatable bonds is 2. The first-order valence-electron chi connectivity index (χ1n) is 5.48. The molecule has 0 saturated carbocycles. The molecule has 1 saturated heterocycles. The number of anilines is 1. The van der Waals surface area contributed by atoms with Crippen molar-refractivity contribution in [2.75, 3.05) is 45.2 Å². The van der Waals surface area contributed by atoms with E-state index in [9.17, 15) is 0 Å². The summed E-state index contributed by atoms with van der Waals surface area (Å²) in [6.45, 7) is 4.31. The van der Waals surface area contributed by atoms with Gasteiger partial charge in [0.25, 0.3) is 0 Å². The average molecular weight is 241 g/mol. The lowest BCUT2D eigenvalue weighted by Gasteiger charge is -2.34. The van der Waals surface area contributed by atoms with Gasteiger partial charge in [-0.1, -0.05) is 11.6 Å². The third kappa shape index (κ3) is 2.42. The highest BCUT2D eigenvalue weighted by Gasteiger charge is 2.15. The molecular formula is C12H17ClN2O. The molecule has 0 amide bonds. The fourth-order valence-electron chi connectivity index (χ4n) is 1.92. The minimum Gasteiger partial charge on any atom is -0.495 e. The van der Waals surface area contributed by atoms with Crippen molar-refractivity contribution >= 4 is 17.3 Å². The van der Waals surface area contributed by atoms with Crippen molar-refractivity contribution < 1.29 is 4.74 Å². The van der Waals surface area contributed by atoms with Crippen LogP contribution in [0.2, 0.25) is 5.02 Å². The minimum absolute atomic E-state index is 0.680. The van der Waals surface area contributed by atoms with Gasteiger partial charge in [0, 0.05) is 31.9 Å². The Hall–Kier alpha value is -0.930. The Morgan fingerprint density at radius 3 is 2.44 bits per heavy atom. The summed E-state index contributed by atoms with van der Waals surface area (Å²) in [7, 11) is 3.79. The smallest absolute Gasteiger partial charge is 0.137 e. The topological polar surface area (TPSA) is 15.7 Å². The zero-order valence-electron chi connectivity index (χ0n) is 9.74. The summed E-state index contributed by atoms with van der Waals surface area (Å²) in [6.07, 6.45) is 0. The first-order valence-corrected chi connectivity index (χ1v) is 5.85. The van der Waals surface area contributed by atoms with Crippen molar-refractivity contribution in [3.63, 3.8) is 0 Å². The van der Waals surface area contributed by atoms with Gasteiger partial charge in [0.1, 0.15) is 5.75 Å². The molecule has 1 aromatic carbocycles. The predicted molar refractivity (Wildman–Crippen MR) is 67.7 cm³/mol. The van der Waals surface area contributed by atoms with Crippen LogP contribution in [0.1, 0.15) is 0 Å². The number of likely N-dealkylation sites (N-methyl/N-ethyl adjacent to an activating group) is 1. The molecule has 2 rings (SSSR count). The van der Waals surface area contributed by atoms with E-state index in [4.69, 9.17) is 16.3 Å². The van der Waals surface area contributed by atoms with Crippen molar-refractivity contribution in [1.82, 2.24) is 4.90 Å². The van der Waals surface area contributed by atoms with Crippen LogP contribution < -0.4 is 9.64 Å². The Bertz CT molecular complexity index is 362. The molecule has 1 aromatic rings. The van der Waals surface area contributed by atoms with E-state index in [0.29, 0.717) is 5.02 Å². The highest BCUT2D eigenvalue weighted by atomic mass is 35.5. The third-order valence-electron chi connectivity index (χ3n) is 3.00. The van der Waals surface area contributed by atoms with Gasteiger partial charge in [-0.15, -0.1) is 0 Å². The standard InChI is InChI=1S/C12H17ClN2O/c1-14-5-7-15(8-6-14)10-3-4-12(16-2)11(13)9-10/h3-4,9H,5-8H2,1-2H3. The molecular weight excluding hydrogens is 224 g/mol. The molecule has 16 heavy (non-hydrogen) atoms. The molecule has 1 aliphatic heterocycles. The Balaban J connectivity index is 2.12. The molecule has 1 heterocycles. The highest BCUT2D eigenvalue weighted by Crippen LogP contribution is 2.29. The number of ether oxygens (including phenoxy) is 1. The molecule has 0 atom stereocenters. The van der Waals surface area contributed by atoms with Crippen LogP contribution in [0.4, 0.5) is 5.69 Å². The zero-order chi connectivity index (χ0) is 11.5. The summed E-state index contributed by atoms with van der Waals surface area (Å²) < 4.78 is 5.15. The van der Waals surface area contributed by atoms with Crippen molar-refractivity contribution in [2.24, 2.45) is 0 Å². The zero-order valence-corrected chi connectivity index (χ0v) is 10.5. The number of halogens is 1. The molecule has 0 bridgehead atoms. The molecule has 0 aromatic heterocycles. The summed E-state index contributed by atoms with van der Waals surface area (Å²) in [5, 5.41) is 0.680. The van der Waals surface area contributed by atoms with Crippen molar-refractivity contribution in [2.45, 2.75) is 0 Å². The summed E-state index contributed by atoms with van der Waals surface area (Å²) in [5.74, 6) is 0.736. The van der Waals surface area contributed by atoms with Gasteiger partial charge >= 0.3 is 0 Å². The van der Waals surface area contributed by atoms with E-state index in [1.54, 1.807) is 7.11 Å². The lowest BCUT2D eigenvalue weighted by atomic mass is 10.2. The van der Waals surface area contributed by atoms with Crippen LogP contribution in [0.5, 0.6) is 5.75 Å².